The van der Waals surface area contributed by atoms with Gasteiger partial charge in [0.05, 0.1) is 28.0 Å². The molecule has 338 valence electrons. The Kier molecular flexibility index (Phi) is 11.9. The van der Waals surface area contributed by atoms with Crippen molar-refractivity contribution in [3.05, 3.63) is 193 Å². The molecule has 0 aliphatic heterocycles. The van der Waals surface area contributed by atoms with Gasteiger partial charge in [-0.05, 0) is 147 Å². The molecule has 2 aliphatic carbocycles. The molecule has 0 amide bonds. The predicted molar refractivity (Wildman–Crippen MR) is 283 cm³/mol. The number of para-hydroxylation sites is 1. The summed E-state index contributed by atoms with van der Waals surface area (Å²) in [6.07, 6.45) is 14.9. The fourth-order valence-electron chi connectivity index (χ4n) is 11.1. The van der Waals surface area contributed by atoms with Gasteiger partial charge in [0, 0.05) is 22.9 Å². The zero-order chi connectivity index (χ0) is 46.2. The van der Waals surface area contributed by atoms with Crippen molar-refractivity contribution in [3.63, 3.8) is 0 Å². The summed E-state index contributed by atoms with van der Waals surface area (Å²) in [4.78, 5) is 10.7. The van der Waals surface area contributed by atoms with Gasteiger partial charge in [-0.3, -0.25) is 9.55 Å². The first kappa shape index (κ1) is 43.5. The summed E-state index contributed by atoms with van der Waals surface area (Å²) in [5.41, 5.74) is 18.4. The Morgan fingerprint density at radius 1 is 0.529 bits per heavy atom. The summed E-state index contributed by atoms with van der Waals surface area (Å²) < 4.78 is 2.30. The average Bonchev–Trinajstić information content (AvgIpc) is 4.05. The van der Waals surface area contributed by atoms with Crippen molar-refractivity contribution in [2.75, 3.05) is 0 Å². The Bertz CT molecular complexity index is 3220. The quantitative estimate of drug-likeness (QED) is 0.149. The van der Waals surface area contributed by atoms with Crippen LogP contribution in [-0.2, 0) is 11.8 Å². The van der Waals surface area contributed by atoms with Gasteiger partial charge in [0.1, 0.15) is 11.6 Å². The van der Waals surface area contributed by atoms with Crippen LogP contribution in [0.1, 0.15) is 101 Å². The highest BCUT2D eigenvalue weighted by atomic mass is 16.3. The smallest absolute Gasteiger partial charge is 0.149 e. The van der Waals surface area contributed by atoms with Gasteiger partial charge >= 0.3 is 0 Å². The molecule has 7 aromatic carbocycles. The molecular weight excluding hydrogens is 827 g/mol. The monoisotopic (exact) mass is 887 g/mol. The van der Waals surface area contributed by atoms with E-state index >= 15 is 0 Å². The lowest BCUT2D eigenvalue weighted by Crippen LogP contribution is -2.11. The molecule has 2 aromatic heterocycles. The van der Waals surface area contributed by atoms with Crippen LogP contribution in [0.25, 0.3) is 83.9 Å². The highest BCUT2D eigenvalue weighted by Gasteiger charge is 2.26. The van der Waals surface area contributed by atoms with Crippen LogP contribution in [0.2, 0.25) is 0 Å². The maximum absolute atomic E-state index is 11.9. The molecule has 0 unspecified atom stereocenters. The number of imidazole rings is 1. The van der Waals surface area contributed by atoms with E-state index in [4.69, 9.17) is 9.97 Å². The molecule has 2 aliphatic rings. The van der Waals surface area contributed by atoms with E-state index in [9.17, 15) is 5.11 Å². The van der Waals surface area contributed by atoms with Crippen LogP contribution in [0, 0.1) is 5.92 Å². The van der Waals surface area contributed by atoms with E-state index in [1.165, 1.54) is 74.5 Å². The SMILES string of the molecule is CC(C)(C)c1ccc(O)c(-c2nc3c(-c4cc(-c5ccccc5)cc(-c5cc(-c6ccc(C7CCCCC7)cc6)ccn5)c4)cccc3n2-c2ccc(CC3CCCC3)cc2-c2ccccc2)c1. The number of hydrogen-bond acceptors (Lipinski definition) is 3. The van der Waals surface area contributed by atoms with Crippen molar-refractivity contribution in [2.24, 2.45) is 5.92 Å². The second-order valence-corrected chi connectivity index (χ2v) is 20.5. The first-order valence-corrected chi connectivity index (χ1v) is 25.1. The van der Waals surface area contributed by atoms with Gasteiger partial charge in [-0.15, -0.1) is 0 Å². The van der Waals surface area contributed by atoms with Crippen molar-refractivity contribution in [2.45, 2.75) is 96.3 Å². The molecule has 2 saturated carbocycles. The van der Waals surface area contributed by atoms with E-state index in [1.807, 2.05) is 18.3 Å². The van der Waals surface area contributed by atoms with Gasteiger partial charge in [0.25, 0.3) is 0 Å². The Balaban J connectivity index is 1.10. The third kappa shape index (κ3) is 8.81. The molecule has 0 spiro atoms. The molecule has 0 radical (unpaired) electrons. The molecule has 11 rings (SSSR count). The summed E-state index contributed by atoms with van der Waals surface area (Å²) in [7, 11) is 0. The van der Waals surface area contributed by atoms with Crippen molar-refractivity contribution in [3.8, 4) is 78.6 Å². The number of phenols is 1. The third-order valence-electron chi connectivity index (χ3n) is 14.9. The number of aromatic nitrogens is 3. The van der Waals surface area contributed by atoms with Gasteiger partial charge in [-0.1, -0.05) is 175 Å². The Morgan fingerprint density at radius 2 is 1.22 bits per heavy atom. The minimum atomic E-state index is -0.139. The number of benzene rings is 7. The average molecular weight is 888 g/mol. The van der Waals surface area contributed by atoms with Gasteiger partial charge in [-0.25, -0.2) is 4.98 Å². The lowest BCUT2D eigenvalue weighted by molar-refractivity contribution is 0.443. The van der Waals surface area contributed by atoms with Crippen LogP contribution >= 0.6 is 0 Å². The van der Waals surface area contributed by atoms with Crippen molar-refractivity contribution >= 4 is 11.0 Å². The molecule has 2 fully saturated rings. The molecule has 0 saturated heterocycles. The van der Waals surface area contributed by atoms with E-state index in [1.54, 1.807) is 0 Å². The normalized spacial score (nSPS) is 14.8. The predicted octanol–water partition coefficient (Wildman–Crippen LogP) is 17.2. The van der Waals surface area contributed by atoms with E-state index in [0.717, 1.165) is 84.8 Å². The molecule has 4 nitrogen and oxygen atoms in total. The van der Waals surface area contributed by atoms with Gasteiger partial charge in [0.15, 0.2) is 0 Å². The minimum absolute atomic E-state index is 0.139. The number of nitrogens with zero attached hydrogens (tertiary/aromatic N) is 3. The molecule has 0 atom stereocenters. The fraction of sp³-hybridized carbons (Fsp3) is 0.250. The maximum Gasteiger partial charge on any atom is 0.149 e. The molecule has 68 heavy (non-hydrogen) atoms. The topological polar surface area (TPSA) is 50.9 Å². The zero-order valence-corrected chi connectivity index (χ0v) is 39.8. The summed E-state index contributed by atoms with van der Waals surface area (Å²) in [5.74, 6) is 2.31. The number of hydrogen-bond donors (Lipinski definition) is 1. The summed E-state index contributed by atoms with van der Waals surface area (Å²) in [6.45, 7) is 6.66. The third-order valence-corrected chi connectivity index (χ3v) is 14.9. The Labute approximate surface area is 402 Å². The van der Waals surface area contributed by atoms with E-state index in [-0.39, 0.29) is 11.2 Å². The summed E-state index contributed by atoms with van der Waals surface area (Å²) in [5, 5.41) is 11.9. The largest absolute Gasteiger partial charge is 0.507 e. The lowest BCUT2D eigenvalue weighted by atomic mass is 9.84. The maximum atomic E-state index is 11.9. The van der Waals surface area contributed by atoms with Crippen molar-refractivity contribution in [1.29, 1.82) is 0 Å². The number of phenolic OH excluding ortho intramolecular Hbond substituents is 1. The Hall–Kier alpha value is -7.04. The fourth-order valence-corrected chi connectivity index (χ4v) is 11.1. The summed E-state index contributed by atoms with van der Waals surface area (Å²) >= 11 is 0. The van der Waals surface area contributed by atoms with Crippen LogP contribution < -0.4 is 0 Å². The highest BCUT2D eigenvalue weighted by molar-refractivity contribution is 5.98. The molecule has 0 bridgehead atoms. The first-order chi connectivity index (χ1) is 33.2. The van der Waals surface area contributed by atoms with Crippen molar-refractivity contribution in [1.82, 2.24) is 14.5 Å². The zero-order valence-electron chi connectivity index (χ0n) is 39.8. The minimum Gasteiger partial charge on any atom is -0.507 e. The number of rotatable bonds is 10. The number of fused-ring (bicyclic) bond motifs is 1. The lowest BCUT2D eigenvalue weighted by Gasteiger charge is -2.22. The van der Waals surface area contributed by atoms with Crippen LogP contribution in [0.4, 0.5) is 0 Å². The van der Waals surface area contributed by atoms with Crippen LogP contribution in [0.3, 0.4) is 0 Å². The molecule has 4 heteroatoms. The molecule has 9 aromatic rings. The van der Waals surface area contributed by atoms with Gasteiger partial charge < -0.3 is 5.11 Å². The molecular formula is C64H61N3O. The summed E-state index contributed by atoms with van der Waals surface area (Å²) in [6, 6.07) is 61.5. The van der Waals surface area contributed by atoms with E-state index in [2.05, 4.69) is 183 Å². The van der Waals surface area contributed by atoms with Crippen molar-refractivity contribution < 1.29 is 5.11 Å². The number of aromatic hydroxyl groups is 1. The van der Waals surface area contributed by atoms with Crippen LogP contribution in [0.5, 0.6) is 5.75 Å². The molecule has 2 heterocycles. The Morgan fingerprint density at radius 3 is 1.97 bits per heavy atom. The van der Waals surface area contributed by atoms with Crippen LogP contribution in [0.15, 0.2) is 176 Å². The first-order valence-electron chi connectivity index (χ1n) is 25.1. The standard InChI is InChI=1S/C64H61N3O/c1-64(2,3)54-31-33-61(68)57(42-54)63-66-62-55(24-15-25-60(62)67(63)59-32-26-44(36-43-16-13-14-17-43)37-56(59)49-22-11-6-12-23-49)52-38-51(46-20-9-5-10-21-46)39-53(40-52)58-41-50(34-35-65-58)48-29-27-47(28-30-48)45-18-7-4-8-19-45/h5-6,9-12,15,20-35,37-43,45,68H,4,7-8,13-14,16-19,36H2,1-3H3. The van der Waals surface area contributed by atoms with Gasteiger partial charge in [-0.2, -0.15) is 0 Å². The number of pyridine rings is 1. The van der Waals surface area contributed by atoms with Crippen LogP contribution in [-0.4, -0.2) is 19.6 Å². The van der Waals surface area contributed by atoms with E-state index < -0.39 is 0 Å². The second kappa shape index (κ2) is 18.6. The van der Waals surface area contributed by atoms with Gasteiger partial charge in [0.2, 0.25) is 0 Å². The van der Waals surface area contributed by atoms with E-state index in [0.29, 0.717) is 17.3 Å². The second-order valence-electron chi connectivity index (χ2n) is 20.5. The molecule has 1 N–H and O–H groups in total. The highest BCUT2D eigenvalue weighted by Crippen LogP contribution is 2.44.